The molecule has 2 aromatic carbocycles. The number of benzene rings is 2. The standard InChI is InChI=1S/C19H21N3O5/c1-12(21-22-19(25)14-6-4-5-7-16(14)23)10-18(24)20-15-11-13(26-2)8-9-17(15)27-3/h4-9,11,23H,10H2,1-3H3,(H,20,24)(H,22,25)/b21-12+. The van der Waals surface area contributed by atoms with Crippen LogP contribution in [0.25, 0.3) is 0 Å². The number of methoxy groups -OCH3 is 2. The van der Waals surface area contributed by atoms with Crippen molar-refractivity contribution in [2.75, 3.05) is 19.5 Å². The summed E-state index contributed by atoms with van der Waals surface area (Å²) in [6, 6.07) is 11.1. The van der Waals surface area contributed by atoms with Crippen molar-refractivity contribution in [3.63, 3.8) is 0 Å². The molecule has 8 nitrogen and oxygen atoms in total. The van der Waals surface area contributed by atoms with E-state index in [0.717, 1.165) is 0 Å². The van der Waals surface area contributed by atoms with Gasteiger partial charge in [0, 0.05) is 11.8 Å². The summed E-state index contributed by atoms with van der Waals surface area (Å²) in [5.74, 6) is 0.0191. The molecule has 2 rings (SSSR count). The quantitative estimate of drug-likeness (QED) is 0.512. The van der Waals surface area contributed by atoms with Gasteiger partial charge in [0.2, 0.25) is 5.91 Å². The van der Waals surface area contributed by atoms with Crippen LogP contribution in [0.1, 0.15) is 23.7 Å². The molecule has 3 N–H and O–H groups in total. The zero-order valence-electron chi connectivity index (χ0n) is 15.3. The van der Waals surface area contributed by atoms with Crippen molar-refractivity contribution in [3.8, 4) is 17.2 Å². The fourth-order valence-electron chi connectivity index (χ4n) is 2.25. The van der Waals surface area contributed by atoms with Gasteiger partial charge in [0.05, 0.1) is 31.9 Å². The molecule has 8 heteroatoms. The molecule has 0 heterocycles. The number of anilines is 1. The Kier molecular flexibility index (Phi) is 6.76. The number of para-hydroxylation sites is 1. The van der Waals surface area contributed by atoms with E-state index in [2.05, 4.69) is 15.8 Å². The number of hydrogen-bond donors (Lipinski definition) is 3. The smallest absolute Gasteiger partial charge is 0.275 e. The van der Waals surface area contributed by atoms with E-state index >= 15 is 0 Å². The second-order valence-electron chi connectivity index (χ2n) is 5.60. The largest absolute Gasteiger partial charge is 0.507 e. The maximum Gasteiger partial charge on any atom is 0.275 e. The number of nitrogens with one attached hydrogen (secondary N) is 2. The van der Waals surface area contributed by atoms with Gasteiger partial charge in [-0.2, -0.15) is 5.10 Å². The predicted octanol–water partition coefficient (Wildman–Crippen LogP) is 2.54. The predicted molar refractivity (Wildman–Crippen MR) is 101 cm³/mol. The minimum Gasteiger partial charge on any atom is -0.507 e. The minimum atomic E-state index is -0.567. The molecule has 2 amide bonds. The highest BCUT2D eigenvalue weighted by molar-refractivity contribution is 6.06. The Hall–Kier alpha value is -3.55. The van der Waals surface area contributed by atoms with Crippen molar-refractivity contribution < 1.29 is 24.2 Å². The van der Waals surface area contributed by atoms with Gasteiger partial charge < -0.3 is 19.9 Å². The van der Waals surface area contributed by atoms with Gasteiger partial charge in [0.25, 0.3) is 5.91 Å². The molecule has 0 aliphatic carbocycles. The third kappa shape index (κ3) is 5.46. The van der Waals surface area contributed by atoms with E-state index < -0.39 is 5.91 Å². The van der Waals surface area contributed by atoms with Crippen LogP contribution in [0, 0.1) is 0 Å². The topological polar surface area (TPSA) is 109 Å². The Balaban J connectivity index is 1.98. The number of amides is 2. The van der Waals surface area contributed by atoms with Crippen LogP contribution in [0.3, 0.4) is 0 Å². The van der Waals surface area contributed by atoms with Gasteiger partial charge in [-0.15, -0.1) is 0 Å². The van der Waals surface area contributed by atoms with E-state index in [0.29, 0.717) is 22.9 Å². The lowest BCUT2D eigenvalue weighted by Gasteiger charge is -2.11. The van der Waals surface area contributed by atoms with E-state index in [1.807, 2.05) is 0 Å². The molecule has 0 bridgehead atoms. The van der Waals surface area contributed by atoms with E-state index in [-0.39, 0.29) is 23.6 Å². The molecule has 0 unspecified atom stereocenters. The highest BCUT2D eigenvalue weighted by atomic mass is 16.5. The van der Waals surface area contributed by atoms with Crippen molar-refractivity contribution in [3.05, 3.63) is 48.0 Å². The van der Waals surface area contributed by atoms with Gasteiger partial charge in [-0.25, -0.2) is 5.43 Å². The third-order valence-corrected chi connectivity index (χ3v) is 3.59. The lowest BCUT2D eigenvalue weighted by atomic mass is 10.2. The average molecular weight is 371 g/mol. The first-order valence-electron chi connectivity index (χ1n) is 8.08. The van der Waals surface area contributed by atoms with Crippen molar-refractivity contribution in [1.82, 2.24) is 5.43 Å². The van der Waals surface area contributed by atoms with Crippen LogP contribution in [0.2, 0.25) is 0 Å². The molecule has 0 spiro atoms. The zero-order chi connectivity index (χ0) is 19.8. The fraction of sp³-hybridized carbons (Fsp3) is 0.211. The number of hydrogen-bond acceptors (Lipinski definition) is 6. The number of aromatic hydroxyl groups is 1. The molecular formula is C19H21N3O5. The first kappa shape index (κ1) is 19.8. The van der Waals surface area contributed by atoms with Crippen molar-refractivity contribution in [1.29, 1.82) is 0 Å². The summed E-state index contributed by atoms with van der Waals surface area (Å²) in [4.78, 5) is 24.2. The summed E-state index contributed by atoms with van der Waals surface area (Å²) in [6.07, 6.45) is -0.0403. The molecule has 0 saturated carbocycles. The minimum absolute atomic E-state index is 0.0403. The Morgan fingerprint density at radius 3 is 2.52 bits per heavy atom. The molecule has 0 aromatic heterocycles. The number of carbonyl (C=O) groups is 2. The number of phenolic OH excluding ortho intramolecular Hbond substituents is 1. The van der Waals surface area contributed by atoms with Crippen LogP contribution in [0.4, 0.5) is 5.69 Å². The highest BCUT2D eigenvalue weighted by Gasteiger charge is 2.12. The molecule has 142 valence electrons. The Morgan fingerprint density at radius 1 is 1.11 bits per heavy atom. The number of carbonyl (C=O) groups excluding carboxylic acids is 2. The van der Waals surface area contributed by atoms with E-state index in [1.54, 1.807) is 37.3 Å². The van der Waals surface area contributed by atoms with E-state index in [9.17, 15) is 14.7 Å². The Morgan fingerprint density at radius 2 is 1.85 bits per heavy atom. The molecule has 0 radical (unpaired) electrons. The Bertz CT molecular complexity index is 864. The summed E-state index contributed by atoms with van der Waals surface area (Å²) in [6.45, 7) is 1.60. The molecule has 0 atom stereocenters. The third-order valence-electron chi connectivity index (χ3n) is 3.59. The van der Waals surface area contributed by atoms with Crippen LogP contribution >= 0.6 is 0 Å². The maximum atomic E-state index is 12.2. The first-order valence-corrected chi connectivity index (χ1v) is 8.08. The Labute approximate surface area is 156 Å². The fourth-order valence-corrected chi connectivity index (χ4v) is 2.25. The SMILES string of the molecule is COc1ccc(OC)c(NC(=O)C/C(C)=N/NC(=O)c2ccccc2O)c1. The second-order valence-corrected chi connectivity index (χ2v) is 5.60. The van der Waals surface area contributed by atoms with Gasteiger partial charge in [0.1, 0.15) is 17.2 Å². The number of hydrazone groups is 1. The van der Waals surface area contributed by atoms with Gasteiger partial charge in [0.15, 0.2) is 0 Å². The van der Waals surface area contributed by atoms with Crippen molar-refractivity contribution in [2.24, 2.45) is 5.10 Å². The van der Waals surface area contributed by atoms with Gasteiger partial charge in [-0.05, 0) is 31.2 Å². The number of ether oxygens (including phenoxy) is 2. The van der Waals surface area contributed by atoms with Crippen LogP contribution < -0.4 is 20.2 Å². The van der Waals surface area contributed by atoms with E-state index in [1.165, 1.54) is 26.4 Å². The molecule has 2 aromatic rings. The van der Waals surface area contributed by atoms with Crippen LogP contribution in [0.15, 0.2) is 47.6 Å². The van der Waals surface area contributed by atoms with Crippen molar-refractivity contribution >= 4 is 23.2 Å². The van der Waals surface area contributed by atoms with Gasteiger partial charge in [-0.3, -0.25) is 9.59 Å². The molecular weight excluding hydrogens is 350 g/mol. The first-order chi connectivity index (χ1) is 12.9. The molecule has 0 saturated heterocycles. The number of nitrogens with zero attached hydrogens (tertiary/aromatic N) is 1. The number of phenols is 1. The number of rotatable bonds is 7. The highest BCUT2D eigenvalue weighted by Crippen LogP contribution is 2.28. The molecule has 0 aliphatic rings. The molecule has 0 fully saturated rings. The molecule has 27 heavy (non-hydrogen) atoms. The van der Waals surface area contributed by atoms with Crippen LogP contribution in [-0.4, -0.2) is 36.9 Å². The van der Waals surface area contributed by atoms with Gasteiger partial charge >= 0.3 is 0 Å². The molecule has 0 aliphatic heterocycles. The lowest BCUT2D eigenvalue weighted by molar-refractivity contribution is -0.115. The summed E-state index contributed by atoms with van der Waals surface area (Å²) in [5.41, 5.74) is 3.26. The normalized spacial score (nSPS) is 10.9. The summed E-state index contributed by atoms with van der Waals surface area (Å²) in [5, 5.41) is 16.3. The zero-order valence-corrected chi connectivity index (χ0v) is 15.3. The maximum absolute atomic E-state index is 12.2. The van der Waals surface area contributed by atoms with Gasteiger partial charge in [-0.1, -0.05) is 12.1 Å². The summed E-state index contributed by atoms with van der Waals surface area (Å²) >= 11 is 0. The van der Waals surface area contributed by atoms with Crippen molar-refractivity contribution in [2.45, 2.75) is 13.3 Å². The van der Waals surface area contributed by atoms with E-state index in [4.69, 9.17) is 9.47 Å². The lowest BCUT2D eigenvalue weighted by Crippen LogP contribution is -2.21. The second kappa shape index (κ2) is 9.23. The monoisotopic (exact) mass is 371 g/mol. The van der Waals surface area contributed by atoms with Crippen LogP contribution in [0.5, 0.6) is 17.2 Å². The summed E-state index contributed by atoms with van der Waals surface area (Å²) in [7, 11) is 3.02. The summed E-state index contributed by atoms with van der Waals surface area (Å²) < 4.78 is 10.3. The van der Waals surface area contributed by atoms with Crippen LogP contribution in [-0.2, 0) is 4.79 Å². The average Bonchev–Trinajstić information content (AvgIpc) is 2.66.